The molecule has 0 fully saturated rings. The van der Waals surface area contributed by atoms with Gasteiger partial charge in [-0.25, -0.2) is 4.39 Å². The van der Waals surface area contributed by atoms with Crippen LogP contribution >= 0.6 is 0 Å². The molecule has 0 spiro atoms. The van der Waals surface area contributed by atoms with E-state index in [1.807, 2.05) is 0 Å². The summed E-state index contributed by atoms with van der Waals surface area (Å²) >= 11 is 0. The molecule has 0 atom stereocenters. The van der Waals surface area contributed by atoms with Crippen LogP contribution in [0.25, 0.3) is 0 Å². The van der Waals surface area contributed by atoms with E-state index < -0.39 is 5.82 Å². The first-order valence-corrected chi connectivity index (χ1v) is 6.15. The average molecular weight is 253 g/mol. The summed E-state index contributed by atoms with van der Waals surface area (Å²) in [4.78, 5) is 13.4. The quantitative estimate of drug-likeness (QED) is 0.553. The van der Waals surface area contributed by atoms with Gasteiger partial charge in [0.1, 0.15) is 11.6 Å². The van der Waals surface area contributed by atoms with Crippen LogP contribution in [0.15, 0.2) is 18.2 Å². The number of hydrogen-bond acceptors (Lipinski definition) is 3. The highest BCUT2D eigenvalue weighted by Gasteiger charge is 2.13. The molecule has 0 aliphatic rings. The molecule has 0 amide bonds. The van der Waals surface area contributed by atoms with Gasteiger partial charge in [0.15, 0.2) is 5.78 Å². The molecule has 1 aromatic carbocycles. The van der Waals surface area contributed by atoms with Gasteiger partial charge in [-0.2, -0.15) is 0 Å². The molecule has 0 N–H and O–H groups in total. The molecule has 0 saturated carbocycles. The summed E-state index contributed by atoms with van der Waals surface area (Å²) in [6, 6.07) is 4.41. The first-order valence-electron chi connectivity index (χ1n) is 6.15. The van der Waals surface area contributed by atoms with Crippen LogP contribution in [0.4, 0.5) is 4.39 Å². The fraction of sp³-hybridized carbons (Fsp3) is 0.500. The summed E-state index contributed by atoms with van der Waals surface area (Å²) in [5.74, 6) is -0.268. The number of carbonyl (C=O) groups excluding carboxylic acids is 1. The third-order valence-corrected chi connectivity index (χ3v) is 2.47. The van der Waals surface area contributed by atoms with E-state index in [9.17, 15) is 9.18 Å². The first-order chi connectivity index (χ1) is 8.54. The molecule has 0 saturated heterocycles. The molecule has 100 valence electrons. The van der Waals surface area contributed by atoms with Gasteiger partial charge < -0.3 is 9.64 Å². The average Bonchev–Trinajstić information content (AvgIpc) is 2.28. The van der Waals surface area contributed by atoms with Crippen molar-refractivity contribution in [2.75, 3.05) is 27.2 Å². The van der Waals surface area contributed by atoms with Crippen molar-refractivity contribution in [1.29, 1.82) is 0 Å². The zero-order valence-corrected chi connectivity index (χ0v) is 11.2. The zero-order chi connectivity index (χ0) is 13.5. The van der Waals surface area contributed by atoms with Gasteiger partial charge in [0.25, 0.3) is 0 Å². The van der Waals surface area contributed by atoms with E-state index in [1.54, 1.807) is 25.1 Å². The number of Topliss-reactive ketones (excluding diaryl/α,β-unsaturated/α-hetero) is 1. The number of likely N-dealkylation sites (N-methyl/N-ethyl adjacent to an activating group) is 1. The highest BCUT2D eigenvalue weighted by molar-refractivity contribution is 5.97. The molecule has 0 unspecified atom stereocenters. The van der Waals surface area contributed by atoms with Crippen molar-refractivity contribution in [3.05, 3.63) is 29.6 Å². The Balaban J connectivity index is 2.70. The van der Waals surface area contributed by atoms with E-state index in [0.717, 1.165) is 12.8 Å². The molecule has 0 aromatic heterocycles. The van der Waals surface area contributed by atoms with Gasteiger partial charge in [-0.3, -0.25) is 4.79 Å². The van der Waals surface area contributed by atoms with Gasteiger partial charge in [-0.15, -0.1) is 0 Å². The number of benzene rings is 1. The van der Waals surface area contributed by atoms with Crippen molar-refractivity contribution in [3.63, 3.8) is 0 Å². The second-order valence-corrected chi connectivity index (χ2v) is 4.50. The summed E-state index contributed by atoms with van der Waals surface area (Å²) in [6.07, 6.45) is 1.96. The van der Waals surface area contributed by atoms with Gasteiger partial charge in [0, 0.05) is 6.07 Å². The Bertz CT molecular complexity index is 405. The fourth-order valence-electron chi connectivity index (χ4n) is 1.52. The molecule has 0 aliphatic heterocycles. The van der Waals surface area contributed by atoms with Crippen LogP contribution in [-0.2, 0) is 0 Å². The third kappa shape index (κ3) is 4.45. The minimum atomic E-state index is -0.518. The molecule has 18 heavy (non-hydrogen) atoms. The Labute approximate surface area is 108 Å². The summed E-state index contributed by atoms with van der Waals surface area (Å²) < 4.78 is 19.1. The number of hydrogen-bond donors (Lipinski definition) is 0. The molecular formula is C14H20FNO2. The molecule has 3 nitrogen and oxygen atoms in total. The minimum Gasteiger partial charge on any atom is -0.493 e. The molecule has 4 heteroatoms. The van der Waals surface area contributed by atoms with E-state index in [2.05, 4.69) is 6.92 Å². The molecule has 1 aromatic rings. The maximum absolute atomic E-state index is 13.7. The molecule has 0 bridgehead atoms. The first kappa shape index (κ1) is 14.6. The predicted molar refractivity (Wildman–Crippen MR) is 69.7 cm³/mol. The van der Waals surface area contributed by atoms with E-state index in [4.69, 9.17) is 4.74 Å². The van der Waals surface area contributed by atoms with E-state index in [0.29, 0.717) is 12.4 Å². The van der Waals surface area contributed by atoms with Crippen LogP contribution in [0.2, 0.25) is 0 Å². The fourth-order valence-corrected chi connectivity index (χ4v) is 1.52. The lowest BCUT2D eigenvalue weighted by Crippen LogP contribution is -2.22. The van der Waals surface area contributed by atoms with Gasteiger partial charge in [-0.1, -0.05) is 13.3 Å². The maximum atomic E-state index is 13.7. The smallest absolute Gasteiger partial charge is 0.179 e. The minimum absolute atomic E-state index is 0.117. The summed E-state index contributed by atoms with van der Waals surface area (Å²) in [5.41, 5.74) is 0.117. The Morgan fingerprint density at radius 3 is 2.67 bits per heavy atom. The van der Waals surface area contributed by atoms with Crippen molar-refractivity contribution in [3.8, 4) is 5.75 Å². The standard InChI is InChI=1S/C14H20FNO2/c1-4-5-8-18-11-6-7-12(13(15)9-11)14(17)10-16(2)3/h6-7,9H,4-5,8,10H2,1-3H3. The number of nitrogens with zero attached hydrogens (tertiary/aromatic N) is 1. The van der Waals surface area contributed by atoms with Crippen molar-refractivity contribution >= 4 is 5.78 Å². The van der Waals surface area contributed by atoms with Crippen molar-refractivity contribution in [1.82, 2.24) is 4.90 Å². The second kappa shape index (κ2) is 7.11. The normalized spacial score (nSPS) is 10.7. The Hall–Kier alpha value is -1.42. The Kier molecular flexibility index (Phi) is 5.78. The third-order valence-electron chi connectivity index (χ3n) is 2.47. The highest BCUT2D eigenvalue weighted by atomic mass is 19.1. The Morgan fingerprint density at radius 2 is 2.11 bits per heavy atom. The highest BCUT2D eigenvalue weighted by Crippen LogP contribution is 2.17. The van der Waals surface area contributed by atoms with Crippen LogP contribution in [-0.4, -0.2) is 37.9 Å². The number of unbranched alkanes of at least 4 members (excludes halogenated alkanes) is 1. The zero-order valence-electron chi connectivity index (χ0n) is 11.2. The number of carbonyl (C=O) groups is 1. The van der Waals surface area contributed by atoms with Crippen LogP contribution in [0.3, 0.4) is 0 Å². The molecule has 0 aliphatic carbocycles. The Morgan fingerprint density at radius 1 is 1.39 bits per heavy atom. The summed E-state index contributed by atoms with van der Waals surface area (Å²) in [6.45, 7) is 2.83. The van der Waals surface area contributed by atoms with Crippen molar-refractivity contribution in [2.24, 2.45) is 0 Å². The predicted octanol–water partition coefficient (Wildman–Crippen LogP) is 2.75. The van der Waals surface area contributed by atoms with E-state index >= 15 is 0 Å². The van der Waals surface area contributed by atoms with Crippen LogP contribution < -0.4 is 4.74 Å². The monoisotopic (exact) mass is 253 g/mol. The van der Waals surface area contributed by atoms with E-state index in [-0.39, 0.29) is 17.9 Å². The van der Waals surface area contributed by atoms with Gasteiger partial charge in [0.2, 0.25) is 0 Å². The molecular weight excluding hydrogens is 233 g/mol. The van der Waals surface area contributed by atoms with E-state index in [1.165, 1.54) is 12.1 Å². The number of ether oxygens (including phenoxy) is 1. The lowest BCUT2D eigenvalue weighted by Gasteiger charge is -2.10. The van der Waals surface area contributed by atoms with Crippen molar-refractivity contribution in [2.45, 2.75) is 19.8 Å². The largest absolute Gasteiger partial charge is 0.493 e. The van der Waals surface area contributed by atoms with Crippen LogP contribution in [0, 0.1) is 5.82 Å². The lowest BCUT2D eigenvalue weighted by molar-refractivity contribution is 0.0954. The number of ketones is 1. The molecule has 0 radical (unpaired) electrons. The maximum Gasteiger partial charge on any atom is 0.179 e. The van der Waals surface area contributed by atoms with Crippen LogP contribution in [0.5, 0.6) is 5.75 Å². The van der Waals surface area contributed by atoms with Gasteiger partial charge in [-0.05, 0) is 32.6 Å². The van der Waals surface area contributed by atoms with Crippen molar-refractivity contribution < 1.29 is 13.9 Å². The number of rotatable bonds is 7. The van der Waals surface area contributed by atoms with Gasteiger partial charge in [0.05, 0.1) is 18.7 Å². The summed E-state index contributed by atoms with van der Waals surface area (Å²) in [5, 5.41) is 0. The second-order valence-electron chi connectivity index (χ2n) is 4.50. The van der Waals surface area contributed by atoms with Gasteiger partial charge >= 0.3 is 0 Å². The topological polar surface area (TPSA) is 29.5 Å². The van der Waals surface area contributed by atoms with Crippen LogP contribution in [0.1, 0.15) is 30.1 Å². The lowest BCUT2D eigenvalue weighted by atomic mass is 10.1. The number of halogens is 1. The molecule has 0 heterocycles. The molecule has 1 rings (SSSR count). The SMILES string of the molecule is CCCCOc1ccc(C(=O)CN(C)C)c(F)c1. The summed E-state index contributed by atoms with van der Waals surface area (Å²) in [7, 11) is 3.55.